The van der Waals surface area contributed by atoms with Crippen LogP contribution >= 0.6 is 0 Å². The van der Waals surface area contributed by atoms with E-state index in [1.807, 2.05) is 6.92 Å². The lowest BCUT2D eigenvalue weighted by molar-refractivity contribution is -0.155. The average Bonchev–Trinajstić information content (AvgIpc) is 3.28. The number of nitrogens with one attached hydrogen (secondary N) is 1. The lowest BCUT2D eigenvalue weighted by Crippen LogP contribution is -2.57. The fraction of sp³-hybridized carbons (Fsp3) is 0.938. The molecule has 1 N–H and O–H groups in total. The molecule has 0 aromatic rings. The highest BCUT2D eigenvalue weighted by atomic mass is 16.5. The van der Waals surface area contributed by atoms with E-state index in [9.17, 15) is 4.79 Å². The van der Waals surface area contributed by atoms with Crippen LogP contribution in [0.5, 0.6) is 0 Å². The van der Waals surface area contributed by atoms with Gasteiger partial charge >= 0.3 is 5.97 Å². The first-order chi connectivity index (χ1) is 10.2. The third kappa shape index (κ3) is 4.94. The van der Waals surface area contributed by atoms with Crippen LogP contribution in [0.15, 0.2) is 0 Å². The second-order valence-electron chi connectivity index (χ2n) is 6.16. The Morgan fingerprint density at radius 2 is 2.10 bits per heavy atom. The number of hydrogen-bond acceptors (Lipinski definition) is 5. The zero-order chi connectivity index (χ0) is 15.1. The van der Waals surface area contributed by atoms with E-state index in [2.05, 4.69) is 5.32 Å². The predicted molar refractivity (Wildman–Crippen MR) is 80.2 cm³/mol. The van der Waals surface area contributed by atoms with Crippen molar-refractivity contribution >= 4 is 5.97 Å². The molecule has 0 amide bonds. The van der Waals surface area contributed by atoms with Crippen LogP contribution in [0.4, 0.5) is 0 Å². The van der Waals surface area contributed by atoms with Gasteiger partial charge in [0.15, 0.2) is 0 Å². The number of rotatable bonds is 9. The first-order valence-corrected chi connectivity index (χ1v) is 8.25. The second-order valence-corrected chi connectivity index (χ2v) is 6.16. The molecular weight excluding hydrogens is 270 g/mol. The van der Waals surface area contributed by atoms with Crippen LogP contribution in [0.3, 0.4) is 0 Å². The van der Waals surface area contributed by atoms with Crippen molar-refractivity contribution in [2.24, 2.45) is 0 Å². The summed E-state index contributed by atoms with van der Waals surface area (Å²) in [4.78, 5) is 12.4. The zero-order valence-corrected chi connectivity index (χ0v) is 13.4. The molecule has 122 valence electrons. The number of esters is 1. The van der Waals surface area contributed by atoms with Crippen LogP contribution in [0, 0.1) is 0 Å². The van der Waals surface area contributed by atoms with Crippen LogP contribution in [0.25, 0.3) is 0 Å². The van der Waals surface area contributed by atoms with Gasteiger partial charge in [0.1, 0.15) is 5.54 Å². The molecule has 0 radical (unpaired) electrons. The summed E-state index contributed by atoms with van der Waals surface area (Å²) in [6.45, 7) is 3.72. The average molecular weight is 299 g/mol. The summed E-state index contributed by atoms with van der Waals surface area (Å²) in [6.07, 6.45) is 7.01. The Hall–Kier alpha value is -0.650. The SMILES string of the molecule is CCOC(=O)C1(NC2CC2)CCCC(OCCCOC)C1. The molecule has 21 heavy (non-hydrogen) atoms. The topological polar surface area (TPSA) is 56.8 Å². The van der Waals surface area contributed by atoms with Gasteiger partial charge in [-0.3, -0.25) is 10.1 Å². The Morgan fingerprint density at radius 1 is 1.29 bits per heavy atom. The molecule has 2 saturated carbocycles. The maximum Gasteiger partial charge on any atom is 0.326 e. The van der Waals surface area contributed by atoms with Gasteiger partial charge in [-0.25, -0.2) is 0 Å². The standard InChI is InChI=1S/C16H29NO4/c1-3-20-15(18)16(17-13-7-8-13)9-4-6-14(12-16)21-11-5-10-19-2/h13-14,17H,3-12H2,1-2H3. The third-order valence-electron chi connectivity index (χ3n) is 4.28. The van der Waals surface area contributed by atoms with Crippen LogP contribution in [-0.4, -0.2) is 50.6 Å². The molecule has 0 heterocycles. The van der Waals surface area contributed by atoms with Gasteiger partial charge in [0.2, 0.25) is 0 Å². The van der Waals surface area contributed by atoms with E-state index in [-0.39, 0.29) is 12.1 Å². The minimum Gasteiger partial charge on any atom is -0.465 e. The minimum atomic E-state index is -0.526. The fourth-order valence-corrected chi connectivity index (χ4v) is 3.08. The molecule has 5 heteroatoms. The predicted octanol–water partition coefficient (Wildman–Crippen LogP) is 2.04. The molecule has 2 aliphatic carbocycles. The van der Waals surface area contributed by atoms with E-state index >= 15 is 0 Å². The highest BCUT2D eigenvalue weighted by Crippen LogP contribution is 2.35. The molecular formula is C16H29NO4. The molecule has 2 aliphatic rings. The Labute approximate surface area is 127 Å². The van der Waals surface area contributed by atoms with E-state index in [1.165, 1.54) is 12.8 Å². The van der Waals surface area contributed by atoms with Gasteiger partial charge in [0.05, 0.1) is 12.7 Å². The smallest absolute Gasteiger partial charge is 0.326 e. The van der Waals surface area contributed by atoms with Crippen molar-refractivity contribution in [3.8, 4) is 0 Å². The number of carbonyl (C=O) groups excluding carboxylic acids is 1. The molecule has 0 spiro atoms. The lowest BCUT2D eigenvalue weighted by atomic mass is 9.79. The van der Waals surface area contributed by atoms with Crippen molar-refractivity contribution < 1.29 is 19.0 Å². The molecule has 5 nitrogen and oxygen atoms in total. The van der Waals surface area contributed by atoms with E-state index in [0.29, 0.717) is 19.3 Å². The van der Waals surface area contributed by atoms with Crippen LogP contribution in [-0.2, 0) is 19.0 Å². The molecule has 0 aromatic carbocycles. The summed E-state index contributed by atoms with van der Waals surface area (Å²) in [5.41, 5.74) is -0.526. The molecule has 0 bridgehead atoms. The Kier molecular flexibility index (Phi) is 6.45. The monoisotopic (exact) mass is 299 g/mol. The molecule has 2 rings (SSSR count). The summed E-state index contributed by atoms with van der Waals surface area (Å²) in [5.74, 6) is -0.0953. The number of methoxy groups -OCH3 is 1. The molecule has 2 atom stereocenters. The highest BCUT2D eigenvalue weighted by Gasteiger charge is 2.47. The van der Waals surface area contributed by atoms with Crippen LogP contribution in [0.1, 0.15) is 51.9 Å². The Balaban J connectivity index is 1.90. The van der Waals surface area contributed by atoms with E-state index in [4.69, 9.17) is 14.2 Å². The maximum absolute atomic E-state index is 12.4. The minimum absolute atomic E-state index is 0.0953. The highest BCUT2D eigenvalue weighted by molar-refractivity contribution is 5.81. The number of ether oxygens (including phenoxy) is 3. The second kappa shape index (κ2) is 8.11. The van der Waals surface area contributed by atoms with Crippen molar-refractivity contribution in [2.75, 3.05) is 26.9 Å². The quantitative estimate of drug-likeness (QED) is 0.521. The van der Waals surface area contributed by atoms with Gasteiger partial charge in [-0.1, -0.05) is 0 Å². The Morgan fingerprint density at radius 3 is 2.76 bits per heavy atom. The Bertz CT molecular complexity index is 332. The summed E-state index contributed by atoms with van der Waals surface area (Å²) in [6, 6.07) is 0.488. The summed E-state index contributed by atoms with van der Waals surface area (Å²) < 4.78 is 16.3. The first kappa shape index (κ1) is 16.7. The van der Waals surface area contributed by atoms with Crippen molar-refractivity contribution in [2.45, 2.75) is 69.6 Å². The molecule has 0 aliphatic heterocycles. The number of carbonyl (C=O) groups is 1. The van der Waals surface area contributed by atoms with Crippen molar-refractivity contribution in [3.63, 3.8) is 0 Å². The van der Waals surface area contributed by atoms with Gasteiger partial charge in [-0.2, -0.15) is 0 Å². The summed E-state index contributed by atoms with van der Waals surface area (Å²) in [7, 11) is 1.70. The van der Waals surface area contributed by atoms with Gasteiger partial charge in [-0.05, 0) is 45.4 Å². The molecule has 2 fully saturated rings. The van der Waals surface area contributed by atoms with Gasteiger partial charge in [-0.15, -0.1) is 0 Å². The van der Waals surface area contributed by atoms with Crippen LogP contribution in [0.2, 0.25) is 0 Å². The summed E-state index contributed by atoms with van der Waals surface area (Å²) >= 11 is 0. The van der Waals surface area contributed by atoms with E-state index < -0.39 is 5.54 Å². The number of hydrogen-bond donors (Lipinski definition) is 1. The van der Waals surface area contributed by atoms with Crippen molar-refractivity contribution in [1.29, 1.82) is 0 Å². The molecule has 0 saturated heterocycles. The van der Waals surface area contributed by atoms with E-state index in [0.717, 1.165) is 38.7 Å². The fourth-order valence-electron chi connectivity index (χ4n) is 3.08. The lowest BCUT2D eigenvalue weighted by Gasteiger charge is -2.39. The molecule has 2 unspecified atom stereocenters. The van der Waals surface area contributed by atoms with Crippen molar-refractivity contribution in [3.05, 3.63) is 0 Å². The van der Waals surface area contributed by atoms with Gasteiger partial charge in [0, 0.05) is 32.8 Å². The summed E-state index contributed by atoms with van der Waals surface area (Å²) in [5, 5.41) is 3.54. The first-order valence-electron chi connectivity index (χ1n) is 8.25. The zero-order valence-electron chi connectivity index (χ0n) is 13.4. The largest absolute Gasteiger partial charge is 0.465 e. The third-order valence-corrected chi connectivity index (χ3v) is 4.28. The normalized spacial score (nSPS) is 29.3. The molecule has 0 aromatic heterocycles. The van der Waals surface area contributed by atoms with E-state index in [1.54, 1.807) is 7.11 Å². The van der Waals surface area contributed by atoms with Gasteiger partial charge in [0.25, 0.3) is 0 Å². The maximum atomic E-state index is 12.4. The van der Waals surface area contributed by atoms with Crippen molar-refractivity contribution in [1.82, 2.24) is 5.32 Å². The van der Waals surface area contributed by atoms with Gasteiger partial charge < -0.3 is 14.2 Å². The van der Waals surface area contributed by atoms with Crippen LogP contribution < -0.4 is 5.32 Å².